The van der Waals surface area contributed by atoms with Crippen molar-refractivity contribution in [2.24, 2.45) is 17.0 Å². The molecule has 6 nitrogen and oxygen atoms in total. The average Bonchev–Trinajstić information content (AvgIpc) is 2.27. The van der Waals surface area contributed by atoms with Crippen molar-refractivity contribution in [2.75, 3.05) is 13.1 Å². The lowest BCUT2D eigenvalue weighted by atomic mass is 9.90. The highest BCUT2D eigenvalue weighted by Crippen LogP contribution is 2.16. The molecule has 0 spiro atoms. The maximum absolute atomic E-state index is 12.0. The summed E-state index contributed by atoms with van der Waals surface area (Å²) in [6.45, 7) is 8.50. The first-order chi connectivity index (χ1) is 8.14. The molecule has 0 fully saturated rings. The zero-order valence-corrected chi connectivity index (χ0v) is 12.4. The normalized spacial score (nSPS) is 11.9. The Kier molecular flexibility index (Phi) is 6.51. The Labute approximate surface area is 114 Å². The molecule has 0 atom stereocenters. The summed E-state index contributed by atoms with van der Waals surface area (Å²) in [5.41, 5.74) is 7.02. The van der Waals surface area contributed by atoms with Gasteiger partial charge >= 0.3 is 0 Å². The average molecular weight is 275 g/mol. The monoisotopic (exact) mass is 275 g/mol. The molecular weight excluding hydrogens is 250 g/mol. The molecule has 7 N–H and O–H groups in total. The molecule has 0 aliphatic rings. The fraction of sp³-hybridized carbons (Fsp3) is 0.818. The second-order valence-electron chi connectivity index (χ2n) is 5.58. The summed E-state index contributed by atoms with van der Waals surface area (Å²) < 4.78 is 0. The molecule has 7 heteroatoms. The van der Waals surface area contributed by atoms with Crippen LogP contribution in [0.3, 0.4) is 0 Å². The van der Waals surface area contributed by atoms with Crippen molar-refractivity contribution in [1.82, 2.24) is 16.1 Å². The van der Waals surface area contributed by atoms with Gasteiger partial charge in [0.1, 0.15) is 0 Å². The van der Waals surface area contributed by atoms with E-state index in [0.29, 0.717) is 18.2 Å². The number of carbonyl (C=O) groups is 1. The van der Waals surface area contributed by atoms with E-state index in [4.69, 9.17) is 23.8 Å². The van der Waals surface area contributed by atoms with Crippen molar-refractivity contribution in [3.63, 3.8) is 0 Å². The van der Waals surface area contributed by atoms with Crippen LogP contribution >= 0.6 is 12.2 Å². The molecule has 0 saturated heterocycles. The summed E-state index contributed by atoms with van der Waals surface area (Å²) in [7, 11) is 0. The van der Waals surface area contributed by atoms with Crippen LogP contribution in [0.4, 0.5) is 0 Å². The molecule has 0 aromatic rings. The lowest BCUT2D eigenvalue weighted by Gasteiger charge is -2.31. The zero-order valence-electron chi connectivity index (χ0n) is 11.6. The minimum atomic E-state index is -0.557. The van der Waals surface area contributed by atoms with Crippen LogP contribution in [0.1, 0.15) is 34.1 Å². The standard InChI is InChI=1S/C11H25N5OS/c1-10(2,7-12)8(17)15-11(3,4)5-6-14-9(18)16-13/h5-7,12-13H2,1-4H3,(H,15,17)(H2,14,16,18). The molecule has 0 aromatic carbocycles. The summed E-state index contributed by atoms with van der Waals surface area (Å²) in [6, 6.07) is 0. The molecular formula is C11H25N5OS. The number of carbonyl (C=O) groups excluding carboxylic acids is 1. The van der Waals surface area contributed by atoms with Crippen LogP contribution in [-0.4, -0.2) is 29.6 Å². The van der Waals surface area contributed by atoms with Gasteiger partial charge < -0.3 is 21.8 Å². The Morgan fingerprint density at radius 3 is 2.28 bits per heavy atom. The first-order valence-corrected chi connectivity index (χ1v) is 6.32. The molecule has 0 aromatic heterocycles. The first-order valence-electron chi connectivity index (χ1n) is 5.92. The number of nitrogens with two attached hydrogens (primary N) is 2. The van der Waals surface area contributed by atoms with Crippen LogP contribution in [0.2, 0.25) is 0 Å². The van der Waals surface area contributed by atoms with Crippen LogP contribution in [0, 0.1) is 5.41 Å². The Hall–Kier alpha value is -0.920. The van der Waals surface area contributed by atoms with Gasteiger partial charge in [0.2, 0.25) is 5.91 Å². The maximum atomic E-state index is 12.0. The molecule has 0 aliphatic heterocycles. The fourth-order valence-electron chi connectivity index (χ4n) is 1.17. The summed E-state index contributed by atoms with van der Waals surface area (Å²) in [5.74, 6) is 5.09. The molecule has 0 aliphatic carbocycles. The third kappa shape index (κ3) is 6.13. The molecule has 0 radical (unpaired) electrons. The van der Waals surface area contributed by atoms with E-state index in [1.165, 1.54) is 0 Å². The molecule has 0 heterocycles. The van der Waals surface area contributed by atoms with Gasteiger partial charge in [0.15, 0.2) is 5.11 Å². The summed E-state index contributed by atoms with van der Waals surface area (Å²) in [5, 5.41) is 6.31. The number of rotatable bonds is 6. The van der Waals surface area contributed by atoms with E-state index in [-0.39, 0.29) is 11.4 Å². The predicted molar refractivity (Wildman–Crippen MR) is 77.6 cm³/mol. The van der Waals surface area contributed by atoms with Crippen LogP contribution in [0.5, 0.6) is 0 Å². The summed E-state index contributed by atoms with van der Waals surface area (Å²) in [6.07, 6.45) is 0.723. The Balaban J connectivity index is 4.23. The van der Waals surface area contributed by atoms with Gasteiger partial charge in [-0.15, -0.1) is 0 Å². The number of hydrogen-bond donors (Lipinski definition) is 5. The van der Waals surface area contributed by atoms with Gasteiger partial charge in [-0.3, -0.25) is 4.79 Å². The Bertz CT molecular complexity index is 304. The van der Waals surface area contributed by atoms with E-state index < -0.39 is 5.41 Å². The largest absolute Gasteiger partial charge is 0.362 e. The van der Waals surface area contributed by atoms with Crippen LogP contribution in [-0.2, 0) is 4.79 Å². The van der Waals surface area contributed by atoms with E-state index >= 15 is 0 Å². The fourth-order valence-corrected chi connectivity index (χ4v) is 1.27. The number of hydrazine groups is 1. The Morgan fingerprint density at radius 2 is 1.83 bits per heavy atom. The highest BCUT2D eigenvalue weighted by atomic mass is 32.1. The van der Waals surface area contributed by atoms with Crippen molar-refractivity contribution < 1.29 is 4.79 Å². The van der Waals surface area contributed by atoms with Gasteiger partial charge in [-0.05, 0) is 46.3 Å². The minimum absolute atomic E-state index is 0.0467. The smallest absolute Gasteiger partial charge is 0.227 e. The SMILES string of the molecule is CC(C)(CCNC(=S)NN)NC(=O)C(C)(C)CN. The Morgan fingerprint density at radius 1 is 1.28 bits per heavy atom. The number of nitrogens with one attached hydrogen (secondary N) is 3. The van der Waals surface area contributed by atoms with E-state index in [1.807, 2.05) is 27.7 Å². The highest BCUT2D eigenvalue weighted by molar-refractivity contribution is 7.80. The number of amides is 1. The molecule has 0 rings (SSSR count). The number of thiocarbonyl (C=S) groups is 1. The van der Waals surface area contributed by atoms with Gasteiger partial charge in [0, 0.05) is 18.6 Å². The molecule has 18 heavy (non-hydrogen) atoms. The lowest BCUT2D eigenvalue weighted by molar-refractivity contribution is -0.130. The van der Waals surface area contributed by atoms with Gasteiger partial charge in [0.25, 0.3) is 0 Å². The maximum Gasteiger partial charge on any atom is 0.227 e. The molecule has 1 amide bonds. The van der Waals surface area contributed by atoms with Crippen LogP contribution in [0.25, 0.3) is 0 Å². The summed E-state index contributed by atoms with van der Waals surface area (Å²) in [4.78, 5) is 12.0. The van der Waals surface area contributed by atoms with Crippen molar-refractivity contribution in [1.29, 1.82) is 0 Å². The second kappa shape index (κ2) is 6.86. The summed E-state index contributed by atoms with van der Waals surface area (Å²) >= 11 is 4.86. The van der Waals surface area contributed by atoms with Crippen LogP contribution < -0.4 is 27.6 Å². The molecule has 0 unspecified atom stereocenters. The van der Waals surface area contributed by atoms with Gasteiger partial charge in [-0.1, -0.05) is 0 Å². The van der Waals surface area contributed by atoms with Gasteiger partial charge in [-0.25, -0.2) is 5.84 Å². The van der Waals surface area contributed by atoms with Crippen molar-refractivity contribution in [2.45, 2.75) is 39.7 Å². The third-order valence-corrected chi connectivity index (χ3v) is 3.01. The zero-order chi connectivity index (χ0) is 14.4. The topological polar surface area (TPSA) is 105 Å². The van der Waals surface area contributed by atoms with Gasteiger partial charge in [-0.2, -0.15) is 0 Å². The van der Waals surface area contributed by atoms with Gasteiger partial charge in [0.05, 0.1) is 5.41 Å². The van der Waals surface area contributed by atoms with Crippen LogP contribution in [0.15, 0.2) is 0 Å². The van der Waals surface area contributed by atoms with Crippen molar-refractivity contribution in [3.8, 4) is 0 Å². The lowest BCUT2D eigenvalue weighted by Crippen LogP contribution is -2.52. The molecule has 106 valence electrons. The second-order valence-corrected chi connectivity index (χ2v) is 5.98. The van der Waals surface area contributed by atoms with E-state index in [9.17, 15) is 4.79 Å². The highest BCUT2D eigenvalue weighted by Gasteiger charge is 2.30. The number of hydrogen-bond acceptors (Lipinski definition) is 4. The first kappa shape index (κ1) is 17.1. The third-order valence-electron chi connectivity index (χ3n) is 2.74. The van der Waals surface area contributed by atoms with E-state index in [0.717, 1.165) is 6.42 Å². The van der Waals surface area contributed by atoms with E-state index in [1.54, 1.807) is 0 Å². The minimum Gasteiger partial charge on any atom is -0.362 e. The molecule has 0 saturated carbocycles. The predicted octanol–water partition coefficient (Wildman–Crippen LogP) is -0.406. The van der Waals surface area contributed by atoms with E-state index in [2.05, 4.69) is 16.1 Å². The van der Waals surface area contributed by atoms with Crippen molar-refractivity contribution >= 4 is 23.2 Å². The molecule has 0 bridgehead atoms. The van der Waals surface area contributed by atoms with Crippen molar-refractivity contribution in [3.05, 3.63) is 0 Å². The quantitative estimate of drug-likeness (QED) is 0.256.